The molecule has 0 saturated carbocycles. The molecule has 20 heavy (non-hydrogen) atoms. The van der Waals surface area contributed by atoms with E-state index in [9.17, 15) is 18.3 Å². The van der Waals surface area contributed by atoms with E-state index in [0.29, 0.717) is 5.82 Å². The third-order valence-corrected chi connectivity index (χ3v) is 2.78. The predicted molar refractivity (Wildman–Crippen MR) is 66.0 cm³/mol. The summed E-state index contributed by atoms with van der Waals surface area (Å²) >= 11 is 0. The SMILES string of the molecule is CC(O)Cc1nccn1Cc1cccnc1C(F)(F)F. The van der Waals surface area contributed by atoms with Gasteiger partial charge in [-0.3, -0.25) is 4.98 Å². The van der Waals surface area contributed by atoms with Crippen molar-refractivity contribution < 1.29 is 18.3 Å². The molecule has 0 fully saturated rings. The average Bonchev–Trinajstić information content (AvgIpc) is 2.75. The second-order valence-corrected chi connectivity index (χ2v) is 4.53. The summed E-state index contributed by atoms with van der Waals surface area (Å²) in [6.07, 6.45) is -0.591. The number of imidazole rings is 1. The van der Waals surface area contributed by atoms with Crippen molar-refractivity contribution in [2.45, 2.75) is 32.2 Å². The molecule has 2 aromatic heterocycles. The predicted octanol–water partition coefficient (Wildman–Crippen LogP) is 2.27. The van der Waals surface area contributed by atoms with E-state index >= 15 is 0 Å². The smallest absolute Gasteiger partial charge is 0.393 e. The van der Waals surface area contributed by atoms with Crippen molar-refractivity contribution in [2.75, 3.05) is 0 Å². The maximum atomic E-state index is 12.9. The van der Waals surface area contributed by atoms with Gasteiger partial charge in [-0.05, 0) is 13.0 Å². The minimum Gasteiger partial charge on any atom is -0.393 e. The van der Waals surface area contributed by atoms with Crippen LogP contribution in [0.25, 0.3) is 0 Å². The zero-order chi connectivity index (χ0) is 14.8. The van der Waals surface area contributed by atoms with Crippen LogP contribution in [-0.4, -0.2) is 25.7 Å². The van der Waals surface area contributed by atoms with Gasteiger partial charge in [-0.1, -0.05) is 6.07 Å². The van der Waals surface area contributed by atoms with E-state index < -0.39 is 18.0 Å². The van der Waals surface area contributed by atoms with Gasteiger partial charge in [0, 0.05) is 30.6 Å². The van der Waals surface area contributed by atoms with E-state index in [1.807, 2.05) is 0 Å². The molecule has 108 valence electrons. The fourth-order valence-electron chi connectivity index (χ4n) is 1.94. The van der Waals surface area contributed by atoms with Gasteiger partial charge in [0.25, 0.3) is 0 Å². The van der Waals surface area contributed by atoms with Gasteiger partial charge >= 0.3 is 6.18 Å². The van der Waals surface area contributed by atoms with E-state index in [2.05, 4.69) is 9.97 Å². The number of aliphatic hydroxyl groups excluding tert-OH is 1. The van der Waals surface area contributed by atoms with Gasteiger partial charge < -0.3 is 9.67 Å². The molecule has 0 radical (unpaired) electrons. The van der Waals surface area contributed by atoms with Gasteiger partial charge in [-0.2, -0.15) is 13.2 Å². The van der Waals surface area contributed by atoms with Crippen LogP contribution in [0.5, 0.6) is 0 Å². The number of aromatic nitrogens is 3. The van der Waals surface area contributed by atoms with Crippen molar-refractivity contribution in [3.63, 3.8) is 0 Å². The number of rotatable bonds is 4. The average molecular weight is 285 g/mol. The number of alkyl halides is 3. The Bertz CT molecular complexity index is 578. The summed E-state index contributed by atoms with van der Waals surface area (Å²) in [6, 6.07) is 2.86. The largest absolute Gasteiger partial charge is 0.433 e. The van der Waals surface area contributed by atoms with Crippen LogP contribution < -0.4 is 0 Å². The van der Waals surface area contributed by atoms with E-state index in [4.69, 9.17) is 0 Å². The highest BCUT2D eigenvalue weighted by atomic mass is 19.4. The molecule has 0 aliphatic rings. The van der Waals surface area contributed by atoms with Crippen molar-refractivity contribution in [1.82, 2.24) is 14.5 Å². The summed E-state index contributed by atoms with van der Waals surface area (Å²) in [4.78, 5) is 7.46. The van der Waals surface area contributed by atoms with Crippen molar-refractivity contribution in [1.29, 1.82) is 0 Å². The Morgan fingerprint density at radius 3 is 2.70 bits per heavy atom. The molecule has 0 bridgehead atoms. The molecule has 1 N–H and O–H groups in total. The topological polar surface area (TPSA) is 50.9 Å². The lowest BCUT2D eigenvalue weighted by Crippen LogP contribution is -2.16. The molecule has 2 aromatic rings. The molecule has 7 heteroatoms. The van der Waals surface area contributed by atoms with Gasteiger partial charge in [0.2, 0.25) is 0 Å². The van der Waals surface area contributed by atoms with Gasteiger partial charge in [0.15, 0.2) is 0 Å². The summed E-state index contributed by atoms with van der Waals surface area (Å²) < 4.78 is 40.2. The number of nitrogens with zero attached hydrogens (tertiary/aromatic N) is 3. The Labute approximate surface area is 113 Å². The van der Waals surface area contributed by atoms with Gasteiger partial charge in [-0.15, -0.1) is 0 Å². The summed E-state index contributed by atoms with van der Waals surface area (Å²) in [5.74, 6) is 0.539. The van der Waals surface area contributed by atoms with Crippen LogP contribution >= 0.6 is 0 Å². The minimum absolute atomic E-state index is 0.0186. The first-order valence-corrected chi connectivity index (χ1v) is 6.07. The molecule has 0 aromatic carbocycles. The molecular formula is C13H14F3N3O. The summed E-state index contributed by atoms with van der Waals surface area (Å²) in [7, 11) is 0. The van der Waals surface area contributed by atoms with Crippen LogP contribution in [0.15, 0.2) is 30.7 Å². The van der Waals surface area contributed by atoms with Crippen molar-refractivity contribution >= 4 is 0 Å². The fraction of sp³-hybridized carbons (Fsp3) is 0.385. The van der Waals surface area contributed by atoms with Gasteiger partial charge in [0.1, 0.15) is 11.5 Å². The normalized spacial score (nSPS) is 13.4. The fourth-order valence-corrected chi connectivity index (χ4v) is 1.94. The molecule has 0 aliphatic carbocycles. The lowest BCUT2D eigenvalue weighted by molar-refractivity contribution is -0.141. The second kappa shape index (κ2) is 5.62. The summed E-state index contributed by atoms with van der Waals surface area (Å²) in [5.41, 5.74) is -0.818. The zero-order valence-corrected chi connectivity index (χ0v) is 10.8. The maximum absolute atomic E-state index is 12.9. The third-order valence-electron chi connectivity index (χ3n) is 2.78. The van der Waals surface area contributed by atoms with Gasteiger partial charge in [0.05, 0.1) is 12.6 Å². The molecular weight excluding hydrogens is 271 g/mol. The van der Waals surface area contributed by atoms with Crippen LogP contribution in [0.4, 0.5) is 13.2 Å². The molecule has 0 spiro atoms. The molecule has 1 atom stereocenters. The zero-order valence-electron chi connectivity index (χ0n) is 10.8. The summed E-state index contributed by atoms with van der Waals surface area (Å²) in [5, 5.41) is 9.35. The second-order valence-electron chi connectivity index (χ2n) is 4.53. The minimum atomic E-state index is -4.48. The molecule has 2 rings (SSSR count). The molecule has 0 amide bonds. The van der Waals surface area contributed by atoms with Crippen molar-refractivity contribution in [3.8, 4) is 0 Å². The molecule has 2 heterocycles. The van der Waals surface area contributed by atoms with Crippen LogP contribution in [0, 0.1) is 0 Å². The highest BCUT2D eigenvalue weighted by Gasteiger charge is 2.35. The van der Waals surface area contributed by atoms with Crippen LogP contribution in [-0.2, 0) is 19.1 Å². The molecule has 4 nitrogen and oxygen atoms in total. The lowest BCUT2D eigenvalue weighted by atomic mass is 10.2. The van der Waals surface area contributed by atoms with E-state index in [-0.39, 0.29) is 18.5 Å². The first-order chi connectivity index (χ1) is 9.38. The number of hydrogen-bond acceptors (Lipinski definition) is 3. The molecule has 1 unspecified atom stereocenters. The Kier molecular flexibility index (Phi) is 4.08. The Balaban J connectivity index is 2.29. The highest BCUT2D eigenvalue weighted by Crippen LogP contribution is 2.30. The standard InChI is InChI=1S/C13H14F3N3O/c1-9(20)7-11-17-5-6-19(11)8-10-3-2-4-18-12(10)13(14,15)16/h2-6,9,20H,7-8H2,1H3. The quantitative estimate of drug-likeness (QED) is 0.937. The summed E-state index contributed by atoms with van der Waals surface area (Å²) in [6.45, 7) is 1.62. The van der Waals surface area contributed by atoms with Crippen LogP contribution in [0.1, 0.15) is 24.0 Å². The highest BCUT2D eigenvalue weighted by molar-refractivity contribution is 5.23. The van der Waals surface area contributed by atoms with E-state index in [0.717, 1.165) is 6.20 Å². The van der Waals surface area contributed by atoms with E-state index in [1.165, 1.54) is 18.3 Å². The third kappa shape index (κ3) is 3.36. The Morgan fingerprint density at radius 2 is 2.05 bits per heavy atom. The number of pyridine rings is 1. The Hall–Kier alpha value is -1.89. The number of hydrogen-bond donors (Lipinski definition) is 1. The van der Waals surface area contributed by atoms with Crippen molar-refractivity contribution in [3.05, 3.63) is 47.8 Å². The lowest BCUT2D eigenvalue weighted by Gasteiger charge is -2.13. The van der Waals surface area contributed by atoms with Gasteiger partial charge in [-0.25, -0.2) is 4.98 Å². The maximum Gasteiger partial charge on any atom is 0.433 e. The first-order valence-electron chi connectivity index (χ1n) is 6.07. The van der Waals surface area contributed by atoms with Crippen LogP contribution in [0.2, 0.25) is 0 Å². The molecule has 0 saturated heterocycles. The van der Waals surface area contributed by atoms with Crippen LogP contribution in [0.3, 0.4) is 0 Å². The number of aliphatic hydroxyl groups is 1. The Morgan fingerprint density at radius 1 is 1.30 bits per heavy atom. The monoisotopic (exact) mass is 285 g/mol. The molecule has 0 aliphatic heterocycles. The first kappa shape index (κ1) is 14.5. The van der Waals surface area contributed by atoms with Crippen molar-refractivity contribution in [2.24, 2.45) is 0 Å². The number of halogens is 3. The van der Waals surface area contributed by atoms with E-state index in [1.54, 1.807) is 17.7 Å².